The second-order valence-electron chi connectivity index (χ2n) is 3.47. The Labute approximate surface area is 155 Å². The third-order valence-corrected chi connectivity index (χ3v) is 4.98. The number of esters is 2. The lowest BCUT2D eigenvalue weighted by Crippen LogP contribution is -2.14. The standard InChI is InChI=1S/C11H7I3O6/c1-3(15)19-9-6(12)5(11(17)18)7(13)10(8(9)14)20-4(2)16/h1-2H3,(H,17,18). The molecule has 6 nitrogen and oxygen atoms in total. The molecule has 0 aliphatic rings. The number of aromatic carboxylic acids is 1. The Morgan fingerprint density at radius 1 is 0.850 bits per heavy atom. The highest BCUT2D eigenvalue weighted by molar-refractivity contribution is 14.1. The van der Waals surface area contributed by atoms with E-state index < -0.39 is 17.9 Å². The summed E-state index contributed by atoms with van der Waals surface area (Å²) >= 11 is 5.41. The fourth-order valence-electron chi connectivity index (χ4n) is 1.27. The van der Waals surface area contributed by atoms with Crippen molar-refractivity contribution in [3.8, 4) is 11.5 Å². The van der Waals surface area contributed by atoms with Crippen molar-refractivity contribution in [2.45, 2.75) is 13.8 Å². The van der Waals surface area contributed by atoms with Crippen LogP contribution in [-0.2, 0) is 9.59 Å². The molecule has 1 aromatic rings. The van der Waals surface area contributed by atoms with Crippen LogP contribution in [0, 0.1) is 10.7 Å². The maximum atomic E-state index is 11.3. The van der Waals surface area contributed by atoms with Gasteiger partial charge in [-0.05, 0) is 67.8 Å². The van der Waals surface area contributed by atoms with Gasteiger partial charge in [-0.2, -0.15) is 0 Å². The molecule has 0 fully saturated rings. The normalized spacial score (nSPS) is 10.1. The number of ether oxygens (including phenoxy) is 2. The minimum absolute atomic E-state index is 0.0703. The summed E-state index contributed by atoms with van der Waals surface area (Å²) in [5.74, 6) is -2.23. The van der Waals surface area contributed by atoms with Gasteiger partial charge in [-0.25, -0.2) is 4.79 Å². The largest absolute Gasteiger partial charge is 0.478 e. The van der Waals surface area contributed by atoms with Crippen molar-refractivity contribution < 1.29 is 29.0 Å². The van der Waals surface area contributed by atoms with E-state index in [-0.39, 0.29) is 24.2 Å². The minimum Gasteiger partial charge on any atom is -0.478 e. The lowest BCUT2D eigenvalue weighted by Gasteiger charge is -2.15. The van der Waals surface area contributed by atoms with E-state index in [9.17, 15) is 19.5 Å². The predicted molar refractivity (Wildman–Crippen MR) is 94.2 cm³/mol. The number of carboxylic acid groups (broad SMARTS) is 1. The van der Waals surface area contributed by atoms with E-state index in [1.54, 1.807) is 45.2 Å². The van der Waals surface area contributed by atoms with E-state index in [1.807, 2.05) is 22.6 Å². The molecule has 9 heteroatoms. The molecule has 0 atom stereocenters. The van der Waals surface area contributed by atoms with E-state index in [0.717, 1.165) is 0 Å². The van der Waals surface area contributed by atoms with Gasteiger partial charge in [0.2, 0.25) is 0 Å². The number of rotatable bonds is 3. The van der Waals surface area contributed by atoms with Crippen LogP contribution in [0.3, 0.4) is 0 Å². The Hall–Kier alpha value is -0.180. The Kier molecular flexibility index (Phi) is 6.43. The van der Waals surface area contributed by atoms with Gasteiger partial charge >= 0.3 is 17.9 Å². The molecule has 0 amide bonds. The van der Waals surface area contributed by atoms with E-state index in [1.165, 1.54) is 13.8 Å². The van der Waals surface area contributed by atoms with Crippen molar-refractivity contribution >= 4 is 85.7 Å². The Bertz CT molecular complexity index is 568. The van der Waals surface area contributed by atoms with Crippen LogP contribution in [0.15, 0.2) is 0 Å². The van der Waals surface area contributed by atoms with Gasteiger partial charge in [-0.15, -0.1) is 0 Å². The summed E-state index contributed by atoms with van der Waals surface area (Å²) in [5, 5.41) is 9.26. The van der Waals surface area contributed by atoms with Gasteiger partial charge in [-0.3, -0.25) is 9.59 Å². The topological polar surface area (TPSA) is 89.9 Å². The molecule has 0 aliphatic heterocycles. The molecule has 0 spiro atoms. The average molecular weight is 616 g/mol. The van der Waals surface area contributed by atoms with Crippen molar-refractivity contribution in [1.82, 2.24) is 0 Å². The van der Waals surface area contributed by atoms with Gasteiger partial charge in [-0.1, -0.05) is 0 Å². The molecule has 0 aromatic heterocycles. The number of hydrogen-bond donors (Lipinski definition) is 1. The van der Waals surface area contributed by atoms with Crippen molar-refractivity contribution in [2.75, 3.05) is 0 Å². The third-order valence-electron chi connectivity index (χ3n) is 1.94. The van der Waals surface area contributed by atoms with Crippen molar-refractivity contribution in [2.24, 2.45) is 0 Å². The molecule has 0 heterocycles. The number of carboxylic acids is 1. The first-order valence-electron chi connectivity index (χ1n) is 4.97. The Morgan fingerprint density at radius 2 is 1.20 bits per heavy atom. The molecule has 0 aliphatic carbocycles. The minimum atomic E-state index is -1.20. The lowest BCUT2D eigenvalue weighted by atomic mass is 10.2. The monoisotopic (exact) mass is 616 g/mol. The van der Waals surface area contributed by atoms with Crippen LogP contribution in [0.4, 0.5) is 0 Å². The molecule has 108 valence electrons. The summed E-state index contributed by atoms with van der Waals surface area (Å²) in [6.45, 7) is 2.41. The van der Waals surface area contributed by atoms with E-state index in [0.29, 0.717) is 3.57 Å². The molecule has 1 N–H and O–H groups in total. The van der Waals surface area contributed by atoms with Crippen molar-refractivity contribution in [3.63, 3.8) is 0 Å². The molecule has 0 radical (unpaired) electrons. The second-order valence-corrected chi connectivity index (χ2v) is 6.70. The summed E-state index contributed by atoms with van der Waals surface area (Å²) in [6.07, 6.45) is 0. The molecule has 0 unspecified atom stereocenters. The van der Waals surface area contributed by atoms with Gasteiger partial charge in [0.25, 0.3) is 0 Å². The van der Waals surface area contributed by atoms with Crippen LogP contribution in [0.5, 0.6) is 11.5 Å². The Morgan fingerprint density at radius 3 is 1.45 bits per heavy atom. The van der Waals surface area contributed by atoms with Crippen LogP contribution in [0.2, 0.25) is 0 Å². The number of hydrogen-bond acceptors (Lipinski definition) is 5. The first kappa shape index (κ1) is 17.9. The summed E-state index contributed by atoms with van der Waals surface area (Å²) in [5.41, 5.74) is -0.0703. The van der Waals surface area contributed by atoms with Crippen molar-refractivity contribution in [1.29, 1.82) is 0 Å². The van der Waals surface area contributed by atoms with Crippen LogP contribution >= 0.6 is 67.8 Å². The Balaban J connectivity index is 3.68. The second kappa shape index (κ2) is 7.20. The van der Waals surface area contributed by atoms with Gasteiger partial charge in [0.05, 0.1) is 12.7 Å². The number of benzene rings is 1. The van der Waals surface area contributed by atoms with Crippen molar-refractivity contribution in [3.05, 3.63) is 16.3 Å². The first-order valence-corrected chi connectivity index (χ1v) is 8.21. The molecular weight excluding hydrogens is 609 g/mol. The highest BCUT2D eigenvalue weighted by Gasteiger charge is 2.27. The lowest BCUT2D eigenvalue weighted by molar-refractivity contribution is -0.132. The third kappa shape index (κ3) is 3.93. The predicted octanol–water partition coefficient (Wildman–Crippen LogP) is 3.05. The van der Waals surface area contributed by atoms with Crippen LogP contribution in [0.25, 0.3) is 0 Å². The maximum absolute atomic E-state index is 11.3. The molecule has 1 rings (SSSR count). The van der Waals surface area contributed by atoms with Crippen LogP contribution in [-0.4, -0.2) is 23.0 Å². The highest BCUT2D eigenvalue weighted by Crippen LogP contribution is 2.41. The molecule has 0 bridgehead atoms. The summed E-state index contributed by atoms with van der Waals surface area (Å²) < 4.78 is 11.0. The SMILES string of the molecule is CC(=O)Oc1c(I)c(OC(C)=O)c(I)c(C(=O)O)c1I. The van der Waals surface area contributed by atoms with Crippen LogP contribution < -0.4 is 9.47 Å². The molecule has 0 saturated heterocycles. The number of carbonyl (C=O) groups excluding carboxylic acids is 2. The molecule has 0 saturated carbocycles. The summed E-state index contributed by atoms with van der Waals surface area (Å²) in [7, 11) is 0. The zero-order chi connectivity index (χ0) is 15.6. The zero-order valence-electron chi connectivity index (χ0n) is 10.1. The average Bonchev–Trinajstić information content (AvgIpc) is 2.29. The van der Waals surface area contributed by atoms with E-state index >= 15 is 0 Å². The highest BCUT2D eigenvalue weighted by atomic mass is 127. The van der Waals surface area contributed by atoms with E-state index in [2.05, 4.69) is 0 Å². The fraction of sp³-hybridized carbons (Fsp3) is 0.182. The van der Waals surface area contributed by atoms with Gasteiger partial charge in [0.1, 0.15) is 3.57 Å². The molecule has 1 aromatic carbocycles. The first-order chi connectivity index (χ1) is 9.16. The van der Waals surface area contributed by atoms with Crippen LogP contribution in [0.1, 0.15) is 24.2 Å². The summed E-state index contributed by atoms with van der Waals surface area (Å²) in [6, 6.07) is 0. The van der Waals surface area contributed by atoms with Gasteiger partial charge in [0.15, 0.2) is 11.5 Å². The van der Waals surface area contributed by atoms with E-state index in [4.69, 9.17) is 9.47 Å². The quantitative estimate of drug-likeness (QED) is 0.320. The number of carbonyl (C=O) groups is 3. The molecular formula is C11H7I3O6. The van der Waals surface area contributed by atoms with Gasteiger partial charge in [0, 0.05) is 13.8 Å². The van der Waals surface area contributed by atoms with Gasteiger partial charge < -0.3 is 14.6 Å². The number of halogens is 3. The fourth-order valence-corrected chi connectivity index (χ4v) is 5.34. The zero-order valence-corrected chi connectivity index (χ0v) is 16.6. The smallest absolute Gasteiger partial charge is 0.338 e. The maximum Gasteiger partial charge on any atom is 0.338 e. The summed E-state index contributed by atoms with van der Waals surface area (Å²) in [4.78, 5) is 33.6. The molecule has 20 heavy (non-hydrogen) atoms.